The number of thiocarbonyl (C=S) groups is 1. The van der Waals surface area contributed by atoms with Gasteiger partial charge in [-0.2, -0.15) is 5.10 Å². The first-order chi connectivity index (χ1) is 14.5. The second kappa shape index (κ2) is 9.58. The van der Waals surface area contributed by atoms with Crippen LogP contribution < -0.4 is 21.0 Å². The highest BCUT2D eigenvalue weighted by molar-refractivity contribution is 7.80. The second-order valence-electron chi connectivity index (χ2n) is 6.29. The van der Waals surface area contributed by atoms with E-state index in [-0.39, 0.29) is 17.3 Å². The number of para-hydroxylation sites is 2. The van der Waals surface area contributed by atoms with Gasteiger partial charge in [-0.05, 0) is 43.4 Å². The Kier molecular flexibility index (Phi) is 6.67. The quantitative estimate of drug-likeness (QED) is 0.278. The van der Waals surface area contributed by atoms with E-state index in [1.165, 1.54) is 0 Å². The predicted molar refractivity (Wildman–Crippen MR) is 123 cm³/mol. The Bertz CT molecular complexity index is 1170. The van der Waals surface area contributed by atoms with E-state index < -0.39 is 0 Å². The molecule has 0 bridgehead atoms. The van der Waals surface area contributed by atoms with Crippen LogP contribution in [0.4, 0.5) is 5.69 Å². The topological polar surface area (TPSA) is 72.6 Å². The molecule has 0 aliphatic rings. The first-order valence-electron chi connectivity index (χ1n) is 9.12. The summed E-state index contributed by atoms with van der Waals surface area (Å²) in [6, 6.07) is 16.7. The van der Waals surface area contributed by atoms with E-state index in [0.717, 1.165) is 16.9 Å². The van der Waals surface area contributed by atoms with Gasteiger partial charge in [0.25, 0.3) is 5.56 Å². The van der Waals surface area contributed by atoms with Gasteiger partial charge in [-0.25, -0.2) is 4.68 Å². The minimum Gasteiger partial charge on any atom is -0.480 e. The van der Waals surface area contributed by atoms with Crippen LogP contribution in [0.15, 0.2) is 64.5 Å². The van der Waals surface area contributed by atoms with Gasteiger partial charge in [0.2, 0.25) is 0 Å². The Morgan fingerprint density at radius 1 is 1.23 bits per heavy atom. The molecule has 1 aromatic heterocycles. The van der Waals surface area contributed by atoms with Crippen LogP contribution in [0.25, 0.3) is 5.69 Å². The lowest BCUT2D eigenvalue weighted by Gasteiger charge is -2.07. The van der Waals surface area contributed by atoms with E-state index in [2.05, 4.69) is 21.8 Å². The lowest BCUT2D eigenvalue weighted by molar-refractivity contribution is 0.370. The van der Waals surface area contributed by atoms with Crippen molar-refractivity contribution in [3.05, 3.63) is 76.2 Å². The molecule has 30 heavy (non-hydrogen) atoms. The normalized spacial score (nSPS) is 10.6. The number of hydrogen-bond acceptors (Lipinski definition) is 4. The SMILES string of the molecule is C#CCOc1ccccc1/C=N\NC(=S)Nc1c(C)n(C)n(-c2ccccc2)c1=O. The summed E-state index contributed by atoms with van der Waals surface area (Å²) < 4.78 is 8.82. The Morgan fingerprint density at radius 3 is 2.67 bits per heavy atom. The third-order valence-electron chi connectivity index (χ3n) is 4.39. The maximum absolute atomic E-state index is 12.9. The summed E-state index contributed by atoms with van der Waals surface area (Å²) in [7, 11) is 1.82. The van der Waals surface area contributed by atoms with Gasteiger partial charge < -0.3 is 10.1 Å². The fourth-order valence-electron chi connectivity index (χ4n) is 2.85. The van der Waals surface area contributed by atoms with Crippen LogP contribution in [0.5, 0.6) is 5.75 Å². The molecular weight excluding hydrogens is 398 g/mol. The van der Waals surface area contributed by atoms with E-state index in [1.54, 1.807) is 21.6 Å². The van der Waals surface area contributed by atoms with Crippen molar-refractivity contribution in [1.82, 2.24) is 14.8 Å². The maximum atomic E-state index is 12.9. The molecule has 0 saturated carbocycles. The number of hydrazone groups is 1. The highest BCUT2D eigenvalue weighted by Gasteiger charge is 2.16. The van der Waals surface area contributed by atoms with Crippen molar-refractivity contribution in [3.8, 4) is 23.8 Å². The van der Waals surface area contributed by atoms with E-state index in [1.807, 2.05) is 62.5 Å². The molecule has 0 atom stereocenters. The summed E-state index contributed by atoms with van der Waals surface area (Å²) >= 11 is 5.29. The van der Waals surface area contributed by atoms with Gasteiger partial charge in [-0.3, -0.25) is 14.9 Å². The van der Waals surface area contributed by atoms with Crippen LogP contribution in [0.2, 0.25) is 0 Å². The van der Waals surface area contributed by atoms with Gasteiger partial charge in [-0.1, -0.05) is 36.3 Å². The first-order valence-corrected chi connectivity index (χ1v) is 9.53. The van der Waals surface area contributed by atoms with Gasteiger partial charge in [0.15, 0.2) is 5.11 Å². The van der Waals surface area contributed by atoms with Crippen molar-refractivity contribution in [2.45, 2.75) is 6.92 Å². The minimum absolute atomic E-state index is 0.166. The number of aromatic nitrogens is 2. The van der Waals surface area contributed by atoms with Crippen LogP contribution in [-0.2, 0) is 7.05 Å². The first kappa shape index (κ1) is 20.9. The number of rotatable bonds is 6. The van der Waals surface area contributed by atoms with Crippen LogP contribution in [-0.4, -0.2) is 27.3 Å². The van der Waals surface area contributed by atoms with Crippen molar-refractivity contribution in [2.24, 2.45) is 12.1 Å². The van der Waals surface area contributed by atoms with Gasteiger partial charge in [0, 0.05) is 12.6 Å². The number of ether oxygens (including phenoxy) is 1. The molecule has 0 aliphatic carbocycles. The molecule has 1 heterocycles. The summed E-state index contributed by atoms with van der Waals surface area (Å²) in [5.74, 6) is 3.04. The highest BCUT2D eigenvalue weighted by atomic mass is 32.1. The maximum Gasteiger partial charge on any atom is 0.295 e. The molecule has 0 radical (unpaired) electrons. The lowest BCUT2D eigenvalue weighted by atomic mass is 10.2. The van der Waals surface area contributed by atoms with Crippen LogP contribution in [0, 0.1) is 19.3 Å². The third kappa shape index (κ3) is 4.59. The van der Waals surface area contributed by atoms with E-state index in [0.29, 0.717) is 11.4 Å². The number of hydrogen-bond donors (Lipinski definition) is 2. The molecule has 2 N–H and O–H groups in total. The zero-order valence-corrected chi connectivity index (χ0v) is 17.4. The fraction of sp³-hybridized carbons (Fsp3) is 0.136. The summed E-state index contributed by atoms with van der Waals surface area (Å²) in [6.45, 7) is 2.01. The van der Waals surface area contributed by atoms with E-state index in [4.69, 9.17) is 23.4 Å². The van der Waals surface area contributed by atoms with Crippen molar-refractivity contribution < 1.29 is 4.74 Å². The van der Waals surface area contributed by atoms with E-state index >= 15 is 0 Å². The summed E-state index contributed by atoms with van der Waals surface area (Å²) in [4.78, 5) is 12.9. The summed E-state index contributed by atoms with van der Waals surface area (Å²) in [6.07, 6.45) is 6.81. The number of benzene rings is 2. The van der Waals surface area contributed by atoms with Gasteiger partial charge >= 0.3 is 0 Å². The number of terminal acetylenes is 1. The lowest BCUT2D eigenvalue weighted by Crippen LogP contribution is -2.28. The molecule has 0 spiro atoms. The molecule has 0 amide bonds. The smallest absolute Gasteiger partial charge is 0.295 e. The molecule has 0 unspecified atom stereocenters. The molecule has 7 nitrogen and oxygen atoms in total. The minimum atomic E-state index is -0.206. The zero-order chi connectivity index (χ0) is 21.5. The van der Waals surface area contributed by atoms with Crippen molar-refractivity contribution in [1.29, 1.82) is 0 Å². The van der Waals surface area contributed by atoms with Gasteiger partial charge in [0.05, 0.1) is 17.6 Å². The Hall–Kier alpha value is -3.83. The second-order valence-corrected chi connectivity index (χ2v) is 6.70. The summed E-state index contributed by atoms with van der Waals surface area (Å²) in [5, 5.41) is 7.26. The Balaban J connectivity index is 1.73. The third-order valence-corrected chi connectivity index (χ3v) is 4.59. The van der Waals surface area contributed by atoms with E-state index in [9.17, 15) is 4.79 Å². The Labute approximate surface area is 180 Å². The molecule has 3 rings (SSSR count). The molecule has 152 valence electrons. The molecule has 0 fully saturated rings. The molecule has 8 heteroatoms. The number of nitrogens with zero attached hydrogens (tertiary/aromatic N) is 3. The van der Waals surface area contributed by atoms with Gasteiger partial charge in [0.1, 0.15) is 18.0 Å². The molecule has 0 aliphatic heterocycles. The number of anilines is 1. The average Bonchev–Trinajstić information content (AvgIpc) is 2.97. The summed E-state index contributed by atoms with van der Waals surface area (Å²) in [5.41, 5.74) is 5.14. The molecular formula is C22H21N5O2S. The van der Waals surface area contributed by atoms with Crippen LogP contribution >= 0.6 is 12.2 Å². The van der Waals surface area contributed by atoms with Crippen LogP contribution in [0.3, 0.4) is 0 Å². The van der Waals surface area contributed by atoms with Crippen molar-refractivity contribution in [3.63, 3.8) is 0 Å². The zero-order valence-electron chi connectivity index (χ0n) is 16.6. The molecule has 2 aromatic carbocycles. The monoisotopic (exact) mass is 419 g/mol. The fourth-order valence-corrected chi connectivity index (χ4v) is 3.01. The average molecular weight is 420 g/mol. The standard InChI is InChI=1S/C22H21N5O2S/c1-4-14-29-19-13-9-8-10-17(19)15-23-25-22(30)24-20-16(2)26(3)27(21(20)28)18-11-6-5-7-12-18/h1,5-13,15H,14H2,2-3H3,(H2,24,25,30)/b23-15-. The van der Waals surface area contributed by atoms with Gasteiger partial charge in [-0.15, -0.1) is 6.42 Å². The highest BCUT2D eigenvalue weighted by Crippen LogP contribution is 2.16. The van der Waals surface area contributed by atoms with Crippen LogP contribution in [0.1, 0.15) is 11.3 Å². The van der Waals surface area contributed by atoms with Crippen molar-refractivity contribution in [2.75, 3.05) is 11.9 Å². The predicted octanol–water partition coefficient (Wildman–Crippen LogP) is 2.82. The number of nitrogens with one attached hydrogen (secondary N) is 2. The molecule has 0 saturated heterocycles. The van der Waals surface area contributed by atoms with Crippen molar-refractivity contribution >= 4 is 29.2 Å². The Morgan fingerprint density at radius 2 is 1.93 bits per heavy atom. The molecule has 3 aromatic rings. The largest absolute Gasteiger partial charge is 0.480 e.